The molecule has 3 rings (SSSR count). The topological polar surface area (TPSA) is 77.2 Å². The first kappa shape index (κ1) is 13.2. The van der Waals surface area contributed by atoms with Crippen LogP contribution in [0.2, 0.25) is 0 Å². The van der Waals surface area contributed by atoms with E-state index in [4.69, 9.17) is 0 Å². The second-order valence-corrected chi connectivity index (χ2v) is 4.67. The highest BCUT2D eigenvalue weighted by Gasteiger charge is 2.15. The van der Waals surface area contributed by atoms with Crippen molar-refractivity contribution in [1.82, 2.24) is 0 Å². The van der Waals surface area contributed by atoms with Crippen LogP contribution in [0.4, 0.5) is 5.69 Å². The van der Waals surface area contributed by atoms with Crippen LogP contribution in [0.15, 0.2) is 58.5 Å². The molecule has 0 amide bonds. The molecule has 0 fully saturated rings. The molecule has 5 nitrogen and oxygen atoms in total. The Labute approximate surface area is 122 Å². The van der Waals surface area contributed by atoms with Crippen LogP contribution in [-0.4, -0.2) is 34.8 Å². The van der Waals surface area contributed by atoms with Gasteiger partial charge in [0.15, 0.2) is 0 Å². The zero-order chi connectivity index (χ0) is 14.7. The van der Waals surface area contributed by atoms with Gasteiger partial charge in [0.05, 0.1) is 23.7 Å². The number of phenols is 2. The van der Waals surface area contributed by atoms with E-state index in [-0.39, 0.29) is 11.5 Å². The van der Waals surface area contributed by atoms with Crippen LogP contribution in [-0.2, 0) is 0 Å². The molecule has 0 saturated heterocycles. The van der Waals surface area contributed by atoms with Crippen molar-refractivity contribution in [2.75, 3.05) is 18.5 Å². The second-order valence-electron chi connectivity index (χ2n) is 4.67. The van der Waals surface area contributed by atoms with E-state index in [2.05, 4.69) is 15.3 Å². The van der Waals surface area contributed by atoms with E-state index in [9.17, 15) is 10.2 Å². The first-order chi connectivity index (χ1) is 10.2. The summed E-state index contributed by atoms with van der Waals surface area (Å²) >= 11 is 0. The smallest absolute Gasteiger partial charge is 0.142 e. The van der Waals surface area contributed by atoms with Crippen LogP contribution < -0.4 is 5.32 Å². The number of hydrogen-bond donors (Lipinski definition) is 3. The van der Waals surface area contributed by atoms with Gasteiger partial charge in [-0.2, -0.15) is 0 Å². The van der Waals surface area contributed by atoms with Crippen molar-refractivity contribution in [3.8, 4) is 11.5 Å². The van der Waals surface area contributed by atoms with Gasteiger partial charge in [0, 0.05) is 11.6 Å². The number of benzene rings is 2. The summed E-state index contributed by atoms with van der Waals surface area (Å²) in [6, 6.07) is 14.3. The lowest BCUT2D eigenvalue weighted by atomic mass is 10.1. The van der Waals surface area contributed by atoms with Crippen LogP contribution >= 0.6 is 0 Å². The number of aromatic hydroxyl groups is 2. The number of rotatable bonds is 4. The highest BCUT2D eigenvalue weighted by Crippen LogP contribution is 2.27. The average molecular weight is 281 g/mol. The average Bonchev–Trinajstić information content (AvgIpc) is 2.96. The molecule has 0 spiro atoms. The minimum absolute atomic E-state index is 0.00629. The van der Waals surface area contributed by atoms with Crippen molar-refractivity contribution in [3.05, 3.63) is 54.1 Å². The number of aliphatic imine (C=N–C) groups is 2. The molecular formula is C16H15N3O2. The summed E-state index contributed by atoms with van der Waals surface area (Å²) in [6.45, 7) is 0.898. The molecule has 2 aromatic rings. The summed E-state index contributed by atoms with van der Waals surface area (Å²) in [5.41, 5.74) is 3.32. The van der Waals surface area contributed by atoms with E-state index in [0.29, 0.717) is 18.9 Å². The van der Waals surface area contributed by atoms with E-state index < -0.39 is 0 Å². The third-order valence-corrected chi connectivity index (χ3v) is 3.24. The molecule has 0 saturated carbocycles. The first-order valence-corrected chi connectivity index (χ1v) is 6.63. The van der Waals surface area contributed by atoms with Gasteiger partial charge in [-0.15, -0.1) is 0 Å². The van der Waals surface area contributed by atoms with Gasteiger partial charge in [-0.1, -0.05) is 30.3 Å². The van der Waals surface area contributed by atoms with E-state index in [1.165, 1.54) is 12.1 Å². The number of phenolic OH excluding ortho intramolecular Hbond substituents is 2. The highest BCUT2D eigenvalue weighted by atomic mass is 16.3. The maximum Gasteiger partial charge on any atom is 0.142 e. The van der Waals surface area contributed by atoms with Crippen LogP contribution in [0.25, 0.3) is 0 Å². The normalized spacial score (nSPS) is 13.7. The van der Waals surface area contributed by atoms with Crippen molar-refractivity contribution in [1.29, 1.82) is 0 Å². The van der Waals surface area contributed by atoms with Gasteiger partial charge in [0.25, 0.3) is 0 Å². The molecule has 2 aromatic carbocycles. The molecule has 1 aliphatic rings. The minimum Gasteiger partial charge on any atom is -0.508 e. The lowest BCUT2D eigenvalue weighted by Crippen LogP contribution is -2.22. The standard InChI is InChI=1S/C16H15N3O2/c20-12-6-7-13(15(21)8-12)17-9-14-16(19-10-18-14)11-4-2-1-3-5-11/h1-8,17,20-21H,9-10H2. The third-order valence-electron chi connectivity index (χ3n) is 3.24. The van der Waals surface area contributed by atoms with Gasteiger partial charge < -0.3 is 15.5 Å². The van der Waals surface area contributed by atoms with Crippen LogP contribution in [0, 0.1) is 0 Å². The lowest BCUT2D eigenvalue weighted by Gasteiger charge is -2.10. The lowest BCUT2D eigenvalue weighted by molar-refractivity contribution is 0.452. The predicted octanol–water partition coefficient (Wildman–Crippen LogP) is 2.41. The van der Waals surface area contributed by atoms with Crippen molar-refractivity contribution in [2.45, 2.75) is 0 Å². The Morgan fingerprint density at radius 1 is 1.00 bits per heavy atom. The van der Waals surface area contributed by atoms with E-state index in [1.54, 1.807) is 6.07 Å². The van der Waals surface area contributed by atoms with Crippen LogP contribution in [0.5, 0.6) is 11.5 Å². The summed E-state index contributed by atoms with van der Waals surface area (Å²) in [6.07, 6.45) is 0. The molecule has 0 bridgehead atoms. The van der Waals surface area contributed by atoms with Gasteiger partial charge >= 0.3 is 0 Å². The maximum absolute atomic E-state index is 9.76. The highest BCUT2D eigenvalue weighted by molar-refractivity contribution is 6.50. The summed E-state index contributed by atoms with van der Waals surface area (Å²) < 4.78 is 0. The molecule has 0 unspecified atom stereocenters. The molecule has 0 atom stereocenters. The molecule has 0 aliphatic carbocycles. The number of nitrogens with zero attached hydrogens (tertiary/aromatic N) is 2. The van der Waals surface area contributed by atoms with Crippen molar-refractivity contribution < 1.29 is 10.2 Å². The summed E-state index contributed by atoms with van der Waals surface area (Å²) in [4.78, 5) is 8.78. The zero-order valence-corrected chi connectivity index (χ0v) is 11.3. The molecule has 106 valence electrons. The summed E-state index contributed by atoms with van der Waals surface area (Å²) in [5.74, 6) is 0.0367. The largest absolute Gasteiger partial charge is 0.508 e. The quantitative estimate of drug-likeness (QED) is 0.595. The molecule has 0 radical (unpaired) electrons. The van der Waals surface area contributed by atoms with Crippen LogP contribution in [0.1, 0.15) is 5.56 Å². The second kappa shape index (κ2) is 5.66. The van der Waals surface area contributed by atoms with Gasteiger partial charge in [-0.3, -0.25) is 9.98 Å². The fourth-order valence-corrected chi connectivity index (χ4v) is 2.20. The summed E-state index contributed by atoms with van der Waals surface area (Å²) in [5, 5.41) is 22.1. The van der Waals surface area contributed by atoms with Gasteiger partial charge in [0.2, 0.25) is 0 Å². The van der Waals surface area contributed by atoms with Crippen molar-refractivity contribution >= 4 is 17.1 Å². The number of anilines is 1. The van der Waals surface area contributed by atoms with E-state index in [1.807, 2.05) is 30.3 Å². The van der Waals surface area contributed by atoms with Crippen molar-refractivity contribution in [3.63, 3.8) is 0 Å². The summed E-state index contributed by atoms with van der Waals surface area (Å²) in [7, 11) is 0. The SMILES string of the molecule is Oc1ccc(NCC2=NCN=C2c2ccccc2)c(O)c1. The molecule has 0 aromatic heterocycles. The number of nitrogens with one attached hydrogen (secondary N) is 1. The Balaban J connectivity index is 1.72. The van der Waals surface area contributed by atoms with Gasteiger partial charge in [-0.25, -0.2) is 0 Å². The molecule has 5 heteroatoms. The number of hydrogen-bond acceptors (Lipinski definition) is 5. The zero-order valence-electron chi connectivity index (χ0n) is 11.3. The Morgan fingerprint density at radius 2 is 1.81 bits per heavy atom. The van der Waals surface area contributed by atoms with Crippen LogP contribution in [0.3, 0.4) is 0 Å². The maximum atomic E-state index is 9.76. The molecule has 1 aliphatic heterocycles. The minimum atomic E-state index is 0.00629. The Morgan fingerprint density at radius 3 is 2.57 bits per heavy atom. The predicted molar refractivity (Wildman–Crippen MR) is 83.5 cm³/mol. The first-order valence-electron chi connectivity index (χ1n) is 6.63. The Hall–Kier alpha value is -2.82. The van der Waals surface area contributed by atoms with Gasteiger partial charge in [0.1, 0.15) is 18.2 Å². The fraction of sp³-hybridized carbons (Fsp3) is 0.125. The molecule has 21 heavy (non-hydrogen) atoms. The Bertz CT molecular complexity index is 709. The molecule has 1 heterocycles. The fourth-order valence-electron chi connectivity index (χ4n) is 2.20. The van der Waals surface area contributed by atoms with E-state index >= 15 is 0 Å². The van der Waals surface area contributed by atoms with Crippen molar-refractivity contribution in [2.24, 2.45) is 9.98 Å². The third kappa shape index (κ3) is 2.86. The molecule has 3 N–H and O–H groups in total. The monoisotopic (exact) mass is 281 g/mol. The Kier molecular flexibility index (Phi) is 3.55. The van der Waals surface area contributed by atoms with Gasteiger partial charge in [-0.05, 0) is 12.1 Å². The molecular weight excluding hydrogens is 266 g/mol. The van der Waals surface area contributed by atoms with E-state index in [0.717, 1.165) is 17.0 Å².